The van der Waals surface area contributed by atoms with Crippen molar-refractivity contribution in [3.05, 3.63) is 11.7 Å². The summed E-state index contributed by atoms with van der Waals surface area (Å²) >= 11 is 0. The molecule has 1 aromatic rings. The van der Waals surface area contributed by atoms with Crippen LogP contribution in [0.1, 0.15) is 31.5 Å². The number of nitrogens with zero attached hydrogens (tertiary/aromatic N) is 3. The van der Waals surface area contributed by atoms with E-state index in [-0.39, 0.29) is 12.4 Å². The van der Waals surface area contributed by atoms with Gasteiger partial charge in [-0.1, -0.05) is 12.1 Å². The SMILES string of the molecule is CCN(Cc1noc(CN)n1)CC1CCCO1.Cl. The average Bonchev–Trinajstić information content (AvgIpc) is 2.99. The first-order valence-electron chi connectivity index (χ1n) is 6.17. The second-order valence-corrected chi connectivity index (χ2v) is 4.27. The Morgan fingerprint density at radius 3 is 2.89 bits per heavy atom. The summed E-state index contributed by atoms with van der Waals surface area (Å²) < 4.78 is 10.6. The first-order valence-corrected chi connectivity index (χ1v) is 6.17. The minimum Gasteiger partial charge on any atom is -0.377 e. The highest BCUT2D eigenvalue weighted by Crippen LogP contribution is 2.14. The van der Waals surface area contributed by atoms with Crippen LogP contribution >= 0.6 is 12.4 Å². The number of rotatable bonds is 6. The number of halogens is 1. The van der Waals surface area contributed by atoms with E-state index < -0.39 is 0 Å². The van der Waals surface area contributed by atoms with Gasteiger partial charge in [-0.25, -0.2) is 0 Å². The van der Waals surface area contributed by atoms with E-state index in [2.05, 4.69) is 22.0 Å². The molecule has 0 saturated carbocycles. The van der Waals surface area contributed by atoms with E-state index in [0.717, 1.165) is 26.1 Å². The van der Waals surface area contributed by atoms with Crippen LogP contribution in [0, 0.1) is 0 Å². The second-order valence-electron chi connectivity index (χ2n) is 4.27. The Hall–Kier alpha value is -0.690. The lowest BCUT2D eigenvalue weighted by Crippen LogP contribution is -2.32. The molecule has 2 rings (SSSR count). The standard InChI is InChI=1S/C11H20N4O2.ClH/c1-2-15(7-9-4-3-5-16-9)8-10-13-11(6-12)17-14-10;/h9H,2-8,12H2,1H3;1H. The first kappa shape index (κ1) is 15.4. The van der Waals surface area contributed by atoms with Gasteiger partial charge in [-0.3, -0.25) is 4.90 Å². The Kier molecular flexibility index (Phi) is 6.56. The third-order valence-corrected chi connectivity index (χ3v) is 2.98. The van der Waals surface area contributed by atoms with Crippen LogP contribution in [0.5, 0.6) is 0 Å². The summed E-state index contributed by atoms with van der Waals surface area (Å²) in [5, 5.41) is 3.90. The summed E-state index contributed by atoms with van der Waals surface area (Å²) in [5.41, 5.74) is 5.43. The van der Waals surface area contributed by atoms with Gasteiger partial charge in [0.2, 0.25) is 5.89 Å². The van der Waals surface area contributed by atoms with Gasteiger partial charge in [0.05, 0.1) is 19.2 Å². The molecule has 104 valence electrons. The monoisotopic (exact) mass is 276 g/mol. The molecular weight excluding hydrogens is 256 g/mol. The van der Waals surface area contributed by atoms with E-state index in [0.29, 0.717) is 30.9 Å². The van der Waals surface area contributed by atoms with Crippen molar-refractivity contribution in [2.75, 3.05) is 19.7 Å². The molecule has 1 unspecified atom stereocenters. The van der Waals surface area contributed by atoms with Crippen molar-refractivity contribution in [2.24, 2.45) is 5.73 Å². The topological polar surface area (TPSA) is 77.4 Å². The highest BCUT2D eigenvalue weighted by atomic mass is 35.5. The molecule has 18 heavy (non-hydrogen) atoms. The highest BCUT2D eigenvalue weighted by Gasteiger charge is 2.19. The Morgan fingerprint density at radius 2 is 2.33 bits per heavy atom. The van der Waals surface area contributed by atoms with Crippen LogP contribution in [0.15, 0.2) is 4.52 Å². The fraction of sp³-hybridized carbons (Fsp3) is 0.818. The van der Waals surface area contributed by atoms with Gasteiger partial charge >= 0.3 is 0 Å². The molecule has 1 fully saturated rings. The van der Waals surface area contributed by atoms with E-state index >= 15 is 0 Å². The summed E-state index contributed by atoms with van der Waals surface area (Å²) in [6.45, 7) is 5.89. The van der Waals surface area contributed by atoms with E-state index in [1.807, 2.05) is 0 Å². The fourth-order valence-electron chi connectivity index (χ4n) is 2.02. The number of likely N-dealkylation sites (N-methyl/N-ethyl adjacent to an activating group) is 1. The molecular formula is C11H21ClN4O2. The van der Waals surface area contributed by atoms with Crippen molar-refractivity contribution in [3.63, 3.8) is 0 Å². The third-order valence-electron chi connectivity index (χ3n) is 2.98. The van der Waals surface area contributed by atoms with Gasteiger partial charge in [-0.15, -0.1) is 12.4 Å². The highest BCUT2D eigenvalue weighted by molar-refractivity contribution is 5.85. The minimum atomic E-state index is 0. The van der Waals surface area contributed by atoms with Gasteiger partial charge < -0.3 is 15.0 Å². The van der Waals surface area contributed by atoms with Gasteiger partial charge in [-0.2, -0.15) is 4.98 Å². The fourth-order valence-corrected chi connectivity index (χ4v) is 2.02. The van der Waals surface area contributed by atoms with Crippen molar-refractivity contribution in [3.8, 4) is 0 Å². The van der Waals surface area contributed by atoms with Gasteiger partial charge in [0.25, 0.3) is 0 Å². The summed E-state index contributed by atoms with van der Waals surface area (Å²) in [7, 11) is 0. The lowest BCUT2D eigenvalue weighted by molar-refractivity contribution is 0.0714. The Morgan fingerprint density at radius 1 is 1.50 bits per heavy atom. The molecule has 0 bridgehead atoms. The van der Waals surface area contributed by atoms with Gasteiger partial charge in [0.1, 0.15) is 0 Å². The maximum Gasteiger partial charge on any atom is 0.240 e. The molecule has 0 aliphatic carbocycles. The molecule has 7 heteroatoms. The second kappa shape index (κ2) is 7.68. The van der Waals surface area contributed by atoms with Crippen molar-refractivity contribution in [2.45, 2.75) is 39.0 Å². The van der Waals surface area contributed by atoms with Gasteiger partial charge in [0, 0.05) is 13.2 Å². The number of nitrogens with two attached hydrogens (primary N) is 1. The molecule has 0 radical (unpaired) electrons. The normalized spacial score (nSPS) is 19.2. The summed E-state index contributed by atoms with van der Waals surface area (Å²) in [6, 6.07) is 0. The van der Waals surface area contributed by atoms with Crippen LogP contribution in [0.2, 0.25) is 0 Å². The summed E-state index contributed by atoms with van der Waals surface area (Å²) in [6.07, 6.45) is 2.68. The van der Waals surface area contributed by atoms with Crippen molar-refractivity contribution < 1.29 is 9.26 Å². The van der Waals surface area contributed by atoms with Crippen LogP contribution in [0.4, 0.5) is 0 Å². The largest absolute Gasteiger partial charge is 0.377 e. The summed E-state index contributed by atoms with van der Waals surface area (Å²) in [5.74, 6) is 1.19. The Bertz CT molecular complexity index is 342. The zero-order valence-electron chi connectivity index (χ0n) is 10.7. The molecule has 0 amide bonds. The molecule has 1 aliphatic rings. The Labute approximate surface area is 113 Å². The first-order chi connectivity index (χ1) is 8.31. The van der Waals surface area contributed by atoms with Crippen LogP contribution in [0.25, 0.3) is 0 Å². The predicted molar refractivity (Wildman–Crippen MR) is 69.4 cm³/mol. The predicted octanol–water partition coefficient (Wildman–Crippen LogP) is 0.951. The van der Waals surface area contributed by atoms with Crippen LogP contribution < -0.4 is 5.73 Å². The van der Waals surface area contributed by atoms with Crippen molar-refractivity contribution in [1.82, 2.24) is 15.0 Å². The third kappa shape index (κ3) is 4.20. The van der Waals surface area contributed by atoms with E-state index in [1.54, 1.807) is 0 Å². The smallest absolute Gasteiger partial charge is 0.240 e. The Balaban J connectivity index is 0.00000162. The molecule has 0 aromatic carbocycles. The van der Waals surface area contributed by atoms with Gasteiger partial charge in [-0.05, 0) is 19.4 Å². The maximum absolute atomic E-state index is 5.62. The molecule has 2 heterocycles. The van der Waals surface area contributed by atoms with Crippen LogP contribution in [-0.2, 0) is 17.8 Å². The van der Waals surface area contributed by atoms with Crippen molar-refractivity contribution >= 4 is 12.4 Å². The van der Waals surface area contributed by atoms with Crippen molar-refractivity contribution in [1.29, 1.82) is 0 Å². The molecule has 1 saturated heterocycles. The molecule has 2 N–H and O–H groups in total. The quantitative estimate of drug-likeness (QED) is 0.834. The number of ether oxygens (including phenoxy) is 1. The zero-order valence-corrected chi connectivity index (χ0v) is 11.5. The summed E-state index contributed by atoms with van der Waals surface area (Å²) in [4.78, 5) is 6.47. The molecule has 0 spiro atoms. The molecule has 1 atom stereocenters. The maximum atomic E-state index is 5.62. The van der Waals surface area contributed by atoms with E-state index in [1.165, 1.54) is 6.42 Å². The molecule has 1 aliphatic heterocycles. The van der Waals surface area contributed by atoms with Crippen LogP contribution in [-0.4, -0.2) is 40.8 Å². The van der Waals surface area contributed by atoms with E-state index in [9.17, 15) is 0 Å². The number of aromatic nitrogens is 2. The van der Waals surface area contributed by atoms with Crippen LogP contribution in [0.3, 0.4) is 0 Å². The van der Waals surface area contributed by atoms with E-state index in [4.69, 9.17) is 15.0 Å². The zero-order chi connectivity index (χ0) is 12.1. The lowest BCUT2D eigenvalue weighted by Gasteiger charge is -2.21. The lowest BCUT2D eigenvalue weighted by atomic mass is 10.2. The molecule has 6 nitrogen and oxygen atoms in total. The average molecular weight is 277 g/mol. The number of hydrogen-bond acceptors (Lipinski definition) is 6. The minimum absolute atomic E-state index is 0. The molecule has 1 aromatic heterocycles. The number of hydrogen-bond donors (Lipinski definition) is 1. The van der Waals surface area contributed by atoms with Gasteiger partial charge in [0.15, 0.2) is 5.82 Å².